The summed E-state index contributed by atoms with van der Waals surface area (Å²) in [7, 11) is 0. The number of anilines is 1. The molecule has 0 saturated heterocycles. The van der Waals surface area contributed by atoms with Crippen molar-refractivity contribution in [1.29, 1.82) is 0 Å². The number of rotatable bonds is 11. The molecule has 0 saturated carbocycles. The Morgan fingerprint density at radius 2 is 1.59 bits per heavy atom. The standard InChI is InChI=1S/C22H23N5O10/c1-12(36-21(24)31)19(29)26-17(10-18(23)28)20(30)25-14-4-2-13(3-5-14)11-35-22(32)37-16-8-6-15(7-9-16)27(33)34/h2-9,12,17H,10-11H2,1H3,(H2,23,28)(H2,24,31)(H,25,30)(H,26,29). The Labute approximate surface area is 209 Å². The highest BCUT2D eigenvalue weighted by molar-refractivity contribution is 6.00. The van der Waals surface area contributed by atoms with Gasteiger partial charge in [0, 0.05) is 17.8 Å². The Balaban J connectivity index is 1.90. The first kappa shape index (κ1) is 28.0. The highest BCUT2D eigenvalue weighted by atomic mass is 16.7. The van der Waals surface area contributed by atoms with Crippen LogP contribution in [0, 0.1) is 10.1 Å². The number of nitrogens with zero attached hydrogens (tertiary/aromatic N) is 1. The number of carbonyl (C=O) groups excluding carboxylic acids is 5. The van der Waals surface area contributed by atoms with Gasteiger partial charge < -0.3 is 36.3 Å². The molecule has 2 aromatic rings. The van der Waals surface area contributed by atoms with Crippen LogP contribution in [-0.4, -0.2) is 47.0 Å². The minimum absolute atomic E-state index is 0.0573. The van der Waals surface area contributed by atoms with Crippen LogP contribution in [0.2, 0.25) is 0 Å². The van der Waals surface area contributed by atoms with E-state index in [9.17, 15) is 34.1 Å². The molecule has 0 radical (unpaired) electrons. The second-order valence-electron chi connectivity index (χ2n) is 7.39. The van der Waals surface area contributed by atoms with E-state index in [2.05, 4.69) is 15.4 Å². The smallest absolute Gasteiger partial charge is 0.437 e. The molecule has 0 aliphatic carbocycles. The highest BCUT2D eigenvalue weighted by Crippen LogP contribution is 2.18. The van der Waals surface area contributed by atoms with Crippen molar-refractivity contribution in [3.8, 4) is 5.75 Å². The molecular formula is C22H23N5O10. The summed E-state index contributed by atoms with van der Waals surface area (Å²) < 4.78 is 14.4. The number of carbonyl (C=O) groups is 5. The van der Waals surface area contributed by atoms with Crippen molar-refractivity contribution < 1.29 is 43.1 Å². The first-order valence-corrected chi connectivity index (χ1v) is 10.5. The Hall–Kier alpha value is -5.21. The van der Waals surface area contributed by atoms with Gasteiger partial charge >= 0.3 is 12.2 Å². The lowest BCUT2D eigenvalue weighted by Crippen LogP contribution is -2.49. The fourth-order valence-corrected chi connectivity index (χ4v) is 2.74. The number of nitro groups is 1. The molecule has 2 aromatic carbocycles. The van der Waals surface area contributed by atoms with E-state index in [0.717, 1.165) is 0 Å². The van der Waals surface area contributed by atoms with Crippen molar-refractivity contribution >= 4 is 41.3 Å². The van der Waals surface area contributed by atoms with Crippen LogP contribution in [0.4, 0.5) is 21.0 Å². The van der Waals surface area contributed by atoms with Gasteiger partial charge in [0.25, 0.3) is 11.6 Å². The molecule has 15 heteroatoms. The van der Waals surface area contributed by atoms with E-state index in [1.807, 2.05) is 0 Å². The van der Waals surface area contributed by atoms with Crippen molar-refractivity contribution in [2.24, 2.45) is 11.5 Å². The molecule has 0 aliphatic heterocycles. The summed E-state index contributed by atoms with van der Waals surface area (Å²) in [4.78, 5) is 68.7. The molecule has 196 valence electrons. The van der Waals surface area contributed by atoms with E-state index in [0.29, 0.717) is 5.56 Å². The van der Waals surface area contributed by atoms with Crippen molar-refractivity contribution in [3.63, 3.8) is 0 Å². The molecule has 0 bridgehead atoms. The van der Waals surface area contributed by atoms with E-state index in [1.165, 1.54) is 55.5 Å². The van der Waals surface area contributed by atoms with Crippen molar-refractivity contribution in [1.82, 2.24) is 5.32 Å². The normalized spacial score (nSPS) is 11.8. The number of ether oxygens (including phenoxy) is 3. The fraction of sp³-hybridized carbons (Fsp3) is 0.227. The molecule has 2 rings (SSSR count). The summed E-state index contributed by atoms with van der Waals surface area (Å²) in [6.45, 7) is 1.04. The van der Waals surface area contributed by atoms with Gasteiger partial charge in [-0.05, 0) is 36.8 Å². The Kier molecular flexibility index (Phi) is 9.87. The van der Waals surface area contributed by atoms with E-state index < -0.39 is 53.5 Å². The Morgan fingerprint density at radius 3 is 2.14 bits per heavy atom. The molecule has 2 unspecified atom stereocenters. The van der Waals surface area contributed by atoms with Crippen LogP contribution in [0.15, 0.2) is 48.5 Å². The monoisotopic (exact) mass is 517 g/mol. The molecule has 37 heavy (non-hydrogen) atoms. The number of nitrogens with one attached hydrogen (secondary N) is 2. The summed E-state index contributed by atoms with van der Waals surface area (Å²) in [5.41, 5.74) is 10.6. The van der Waals surface area contributed by atoms with Crippen LogP contribution in [0.1, 0.15) is 18.9 Å². The number of hydrogen-bond donors (Lipinski definition) is 4. The molecule has 0 heterocycles. The van der Waals surface area contributed by atoms with Gasteiger partial charge in [-0.25, -0.2) is 9.59 Å². The van der Waals surface area contributed by atoms with Crippen LogP contribution in [0.3, 0.4) is 0 Å². The molecule has 0 aliphatic rings. The van der Waals surface area contributed by atoms with Gasteiger partial charge in [0.2, 0.25) is 11.8 Å². The number of benzene rings is 2. The molecule has 0 spiro atoms. The summed E-state index contributed by atoms with van der Waals surface area (Å²) in [6, 6.07) is 9.47. The van der Waals surface area contributed by atoms with E-state index >= 15 is 0 Å². The summed E-state index contributed by atoms with van der Waals surface area (Å²) >= 11 is 0. The van der Waals surface area contributed by atoms with Crippen molar-refractivity contribution in [2.45, 2.75) is 32.1 Å². The predicted octanol–water partition coefficient (Wildman–Crippen LogP) is 1.09. The molecule has 0 aromatic heterocycles. The third-order valence-corrected chi connectivity index (χ3v) is 4.53. The maximum Gasteiger partial charge on any atom is 0.514 e. The number of amides is 4. The Morgan fingerprint density at radius 1 is 0.973 bits per heavy atom. The third-order valence-electron chi connectivity index (χ3n) is 4.53. The van der Waals surface area contributed by atoms with Gasteiger partial charge in [0.05, 0.1) is 11.3 Å². The van der Waals surface area contributed by atoms with E-state index in [4.69, 9.17) is 20.9 Å². The van der Waals surface area contributed by atoms with Crippen molar-refractivity contribution in [2.75, 3.05) is 5.32 Å². The van der Waals surface area contributed by atoms with Gasteiger partial charge in [0.15, 0.2) is 6.10 Å². The maximum absolute atomic E-state index is 12.6. The first-order chi connectivity index (χ1) is 17.4. The summed E-state index contributed by atoms with van der Waals surface area (Å²) in [5.74, 6) is -2.44. The second-order valence-corrected chi connectivity index (χ2v) is 7.39. The van der Waals surface area contributed by atoms with Crippen LogP contribution >= 0.6 is 0 Å². The number of nitro benzene ring substituents is 1. The maximum atomic E-state index is 12.6. The Bertz CT molecular complexity index is 1170. The van der Waals surface area contributed by atoms with Crippen LogP contribution in [0.25, 0.3) is 0 Å². The molecule has 15 nitrogen and oxygen atoms in total. The number of non-ortho nitro benzene ring substituents is 1. The minimum Gasteiger partial charge on any atom is -0.437 e. The average molecular weight is 517 g/mol. The lowest BCUT2D eigenvalue weighted by molar-refractivity contribution is -0.384. The third kappa shape index (κ3) is 9.51. The minimum atomic E-state index is -1.36. The molecule has 4 amide bonds. The average Bonchev–Trinajstić information content (AvgIpc) is 2.82. The lowest BCUT2D eigenvalue weighted by atomic mass is 10.1. The van der Waals surface area contributed by atoms with Crippen LogP contribution in [-0.2, 0) is 30.5 Å². The fourth-order valence-electron chi connectivity index (χ4n) is 2.74. The molecule has 6 N–H and O–H groups in total. The lowest BCUT2D eigenvalue weighted by Gasteiger charge is -2.19. The first-order valence-electron chi connectivity index (χ1n) is 10.5. The topological polar surface area (TPSA) is 232 Å². The largest absolute Gasteiger partial charge is 0.514 e. The second kappa shape index (κ2) is 13.0. The predicted molar refractivity (Wildman–Crippen MR) is 125 cm³/mol. The van der Waals surface area contributed by atoms with Gasteiger partial charge in [-0.1, -0.05) is 12.1 Å². The summed E-state index contributed by atoms with van der Waals surface area (Å²) in [6.07, 6.45) is -4.07. The van der Waals surface area contributed by atoms with E-state index in [1.54, 1.807) is 0 Å². The number of nitrogens with two attached hydrogens (primary N) is 2. The number of primary amides is 2. The SMILES string of the molecule is CC(OC(N)=O)C(=O)NC(CC(N)=O)C(=O)Nc1ccc(COC(=O)Oc2ccc([N+](=O)[O-])cc2)cc1. The van der Waals surface area contributed by atoms with Gasteiger partial charge in [-0.2, -0.15) is 0 Å². The molecule has 0 fully saturated rings. The van der Waals surface area contributed by atoms with Crippen LogP contribution in [0.5, 0.6) is 5.75 Å². The molecule has 2 atom stereocenters. The highest BCUT2D eigenvalue weighted by Gasteiger charge is 2.26. The van der Waals surface area contributed by atoms with Gasteiger partial charge in [-0.3, -0.25) is 24.5 Å². The van der Waals surface area contributed by atoms with E-state index in [-0.39, 0.29) is 23.7 Å². The number of hydrogen-bond acceptors (Lipinski definition) is 10. The van der Waals surface area contributed by atoms with Gasteiger partial charge in [-0.15, -0.1) is 0 Å². The van der Waals surface area contributed by atoms with Crippen LogP contribution < -0.4 is 26.8 Å². The van der Waals surface area contributed by atoms with Crippen molar-refractivity contribution in [3.05, 3.63) is 64.2 Å². The zero-order valence-corrected chi connectivity index (χ0v) is 19.4. The summed E-state index contributed by atoms with van der Waals surface area (Å²) in [5, 5.41) is 15.4. The zero-order chi connectivity index (χ0) is 27.5. The zero-order valence-electron chi connectivity index (χ0n) is 19.4. The van der Waals surface area contributed by atoms with Gasteiger partial charge in [0.1, 0.15) is 18.4 Å². The quantitative estimate of drug-likeness (QED) is 0.143. The molecular weight excluding hydrogens is 494 g/mol.